The van der Waals surface area contributed by atoms with Gasteiger partial charge in [-0.05, 0) is 56.8 Å². The Labute approximate surface area is 161 Å². The van der Waals surface area contributed by atoms with Crippen LogP contribution in [0.15, 0.2) is 48.7 Å². The van der Waals surface area contributed by atoms with Gasteiger partial charge < -0.3 is 4.90 Å². The number of rotatable bonds is 6. The number of carbonyl (C=O) groups is 1. The minimum absolute atomic E-state index is 0.0594. The lowest BCUT2D eigenvalue weighted by Gasteiger charge is -2.38. The molecule has 3 rings (SSSR count). The van der Waals surface area contributed by atoms with Crippen LogP contribution in [-0.2, 0) is 11.3 Å². The molecule has 0 radical (unpaired) electrons. The van der Waals surface area contributed by atoms with Gasteiger partial charge in [0.2, 0.25) is 5.91 Å². The summed E-state index contributed by atoms with van der Waals surface area (Å²) in [6.45, 7) is 0.510. The van der Waals surface area contributed by atoms with Crippen LogP contribution in [0.5, 0.6) is 0 Å². The summed E-state index contributed by atoms with van der Waals surface area (Å²) < 4.78 is 13.4. The summed E-state index contributed by atoms with van der Waals surface area (Å²) >= 11 is 0. The highest BCUT2D eigenvalue weighted by Crippen LogP contribution is 2.29. The van der Waals surface area contributed by atoms with Crippen LogP contribution in [0.3, 0.4) is 0 Å². The van der Waals surface area contributed by atoms with E-state index in [1.54, 1.807) is 18.3 Å². The zero-order chi connectivity index (χ0) is 19.2. The van der Waals surface area contributed by atoms with Crippen LogP contribution in [0, 0.1) is 5.82 Å². The largest absolute Gasteiger partial charge is 0.332 e. The van der Waals surface area contributed by atoms with Gasteiger partial charge >= 0.3 is 0 Å². The second kappa shape index (κ2) is 9.09. The molecule has 1 heterocycles. The number of amides is 1. The number of halogens is 1. The van der Waals surface area contributed by atoms with Gasteiger partial charge in [-0.2, -0.15) is 0 Å². The first-order chi connectivity index (χ1) is 13.1. The minimum Gasteiger partial charge on any atom is -0.332 e. The first kappa shape index (κ1) is 19.5. The minimum atomic E-state index is -0.434. The van der Waals surface area contributed by atoms with E-state index in [-0.39, 0.29) is 17.8 Å². The molecule has 1 amide bonds. The van der Waals surface area contributed by atoms with Gasteiger partial charge in [-0.3, -0.25) is 14.7 Å². The number of aromatic nitrogens is 1. The Balaban J connectivity index is 1.90. The molecule has 1 aliphatic rings. The molecule has 0 bridgehead atoms. The monoisotopic (exact) mass is 369 g/mol. The van der Waals surface area contributed by atoms with Gasteiger partial charge in [0.05, 0.1) is 12.2 Å². The normalized spacial score (nSPS) is 16.3. The molecular weight excluding hydrogens is 341 g/mol. The molecule has 2 aromatic rings. The van der Waals surface area contributed by atoms with Crippen LogP contribution in [0.25, 0.3) is 0 Å². The summed E-state index contributed by atoms with van der Waals surface area (Å²) in [7, 11) is 3.79. The van der Waals surface area contributed by atoms with Crippen LogP contribution in [0.1, 0.15) is 49.4 Å². The molecule has 0 unspecified atom stereocenters. The second-order valence-corrected chi connectivity index (χ2v) is 7.50. The maximum absolute atomic E-state index is 13.6. The van der Waals surface area contributed by atoms with Crippen molar-refractivity contribution < 1.29 is 9.18 Å². The first-order valence-corrected chi connectivity index (χ1v) is 9.68. The smallest absolute Gasteiger partial charge is 0.245 e. The fraction of sp³-hybridized carbons (Fsp3) is 0.455. The molecule has 1 aliphatic carbocycles. The summed E-state index contributed by atoms with van der Waals surface area (Å²) in [5.74, 6) is -0.231. The predicted molar refractivity (Wildman–Crippen MR) is 104 cm³/mol. The third kappa shape index (κ3) is 4.92. The molecule has 1 atom stereocenters. The van der Waals surface area contributed by atoms with Gasteiger partial charge in [-0.15, -0.1) is 0 Å². The molecule has 0 N–H and O–H groups in total. The second-order valence-electron chi connectivity index (χ2n) is 7.50. The fourth-order valence-electron chi connectivity index (χ4n) is 3.91. The Kier molecular flexibility index (Phi) is 6.56. The van der Waals surface area contributed by atoms with Crippen molar-refractivity contribution >= 4 is 5.91 Å². The van der Waals surface area contributed by atoms with Gasteiger partial charge in [-0.25, -0.2) is 4.39 Å². The van der Waals surface area contributed by atoms with Crippen molar-refractivity contribution in [1.82, 2.24) is 14.8 Å². The van der Waals surface area contributed by atoms with Crippen molar-refractivity contribution in [3.8, 4) is 0 Å². The summed E-state index contributed by atoms with van der Waals surface area (Å²) in [5.41, 5.74) is 1.71. The highest BCUT2D eigenvalue weighted by atomic mass is 19.1. The number of likely N-dealkylation sites (N-methyl/N-ethyl adjacent to an activating group) is 1. The molecule has 0 saturated heterocycles. The molecule has 144 valence electrons. The Morgan fingerprint density at radius 2 is 1.81 bits per heavy atom. The predicted octanol–water partition coefficient (Wildman–Crippen LogP) is 4.18. The third-order valence-corrected chi connectivity index (χ3v) is 5.29. The zero-order valence-electron chi connectivity index (χ0n) is 16.1. The molecule has 1 aromatic heterocycles. The van der Waals surface area contributed by atoms with Crippen molar-refractivity contribution in [3.05, 3.63) is 65.7 Å². The standard InChI is InChI=1S/C22H28FN3O/c1-25(2)21(17-11-13-18(23)14-12-17)22(27)26(20-9-4-3-5-10-20)16-19-8-6-7-15-24-19/h6-8,11-15,20-21H,3-5,9-10,16H2,1-2H3/t21-/m0/s1. The SMILES string of the molecule is CN(C)[C@H](C(=O)N(Cc1ccccn1)C1CCCCC1)c1ccc(F)cc1. The lowest BCUT2D eigenvalue weighted by Crippen LogP contribution is -2.46. The van der Waals surface area contributed by atoms with E-state index in [2.05, 4.69) is 4.98 Å². The molecule has 0 aliphatic heterocycles. The van der Waals surface area contributed by atoms with E-state index in [4.69, 9.17) is 0 Å². The molecular formula is C22H28FN3O. The average Bonchev–Trinajstić information content (AvgIpc) is 2.69. The van der Waals surface area contributed by atoms with Crippen LogP contribution < -0.4 is 0 Å². The van der Waals surface area contributed by atoms with Crippen molar-refractivity contribution in [2.24, 2.45) is 0 Å². The van der Waals surface area contributed by atoms with E-state index >= 15 is 0 Å². The van der Waals surface area contributed by atoms with Crippen LogP contribution in [0.2, 0.25) is 0 Å². The number of pyridine rings is 1. The van der Waals surface area contributed by atoms with E-state index in [9.17, 15) is 9.18 Å². The van der Waals surface area contributed by atoms with Crippen LogP contribution in [-0.4, -0.2) is 40.8 Å². The van der Waals surface area contributed by atoms with Gasteiger partial charge in [-0.1, -0.05) is 37.5 Å². The van der Waals surface area contributed by atoms with Crippen molar-refractivity contribution in [3.63, 3.8) is 0 Å². The molecule has 1 aromatic carbocycles. The Bertz CT molecular complexity index is 727. The highest BCUT2D eigenvalue weighted by molar-refractivity contribution is 5.83. The number of hydrogen-bond donors (Lipinski definition) is 0. The zero-order valence-corrected chi connectivity index (χ0v) is 16.1. The fourth-order valence-corrected chi connectivity index (χ4v) is 3.91. The van der Waals surface area contributed by atoms with E-state index in [1.807, 2.05) is 42.1 Å². The van der Waals surface area contributed by atoms with E-state index in [0.29, 0.717) is 6.54 Å². The molecule has 27 heavy (non-hydrogen) atoms. The molecule has 0 spiro atoms. The Morgan fingerprint density at radius 3 is 2.41 bits per heavy atom. The third-order valence-electron chi connectivity index (χ3n) is 5.29. The molecule has 4 nitrogen and oxygen atoms in total. The van der Waals surface area contributed by atoms with E-state index in [1.165, 1.54) is 18.6 Å². The Morgan fingerprint density at radius 1 is 1.11 bits per heavy atom. The lowest BCUT2D eigenvalue weighted by molar-refractivity contribution is -0.140. The first-order valence-electron chi connectivity index (χ1n) is 9.68. The molecule has 1 saturated carbocycles. The van der Waals surface area contributed by atoms with Gasteiger partial charge in [0.25, 0.3) is 0 Å². The molecule has 1 fully saturated rings. The highest BCUT2D eigenvalue weighted by Gasteiger charge is 2.33. The van der Waals surface area contributed by atoms with Gasteiger partial charge in [0, 0.05) is 12.2 Å². The van der Waals surface area contributed by atoms with Gasteiger partial charge in [0.15, 0.2) is 0 Å². The number of carbonyl (C=O) groups excluding carboxylic acids is 1. The van der Waals surface area contributed by atoms with Crippen molar-refractivity contribution in [1.29, 1.82) is 0 Å². The van der Waals surface area contributed by atoms with Crippen molar-refractivity contribution in [2.75, 3.05) is 14.1 Å². The summed E-state index contributed by atoms with van der Waals surface area (Å²) in [5, 5.41) is 0. The maximum Gasteiger partial charge on any atom is 0.245 e. The van der Waals surface area contributed by atoms with Crippen LogP contribution in [0.4, 0.5) is 4.39 Å². The summed E-state index contributed by atoms with van der Waals surface area (Å²) in [6, 6.07) is 11.9. The number of benzene rings is 1. The molecule has 5 heteroatoms. The quantitative estimate of drug-likeness (QED) is 0.766. The number of hydrogen-bond acceptors (Lipinski definition) is 3. The number of nitrogens with zero attached hydrogens (tertiary/aromatic N) is 3. The maximum atomic E-state index is 13.6. The summed E-state index contributed by atoms with van der Waals surface area (Å²) in [6.07, 6.45) is 7.36. The lowest BCUT2D eigenvalue weighted by atomic mass is 9.92. The summed E-state index contributed by atoms with van der Waals surface area (Å²) in [4.78, 5) is 22.0. The van der Waals surface area contributed by atoms with Crippen molar-refractivity contribution in [2.45, 2.75) is 50.7 Å². The van der Waals surface area contributed by atoms with Crippen LogP contribution >= 0.6 is 0 Å². The van der Waals surface area contributed by atoms with E-state index < -0.39 is 6.04 Å². The van der Waals surface area contributed by atoms with E-state index in [0.717, 1.165) is 36.9 Å². The average molecular weight is 369 g/mol. The van der Waals surface area contributed by atoms with Gasteiger partial charge in [0.1, 0.15) is 11.9 Å². The topological polar surface area (TPSA) is 36.4 Å². The Hall–Kier alpha value is -2.27.